The van der Waals surface area contributed by atoms with Crippen molar-refractivity contribution in [2.24, 2.45) is 11.1 Å². The summed E-state index contributed by atoms with van der Waals surface area (Å²) in [4.78, 5) is 19.7. The molecule has 5 aromatic rings. The lowest BCUT2D eigenvalue weighted by molar-refractivity contribution is 0.0691. The summed E-state index contributed by atoms with van der Waals surface area (Å²) in [5.41, 5.74) is 6.03. The SMILES string of the molecule is NS(=O)(=O)c1ccc(Cn2c(-c3cccc(-c4cccnc4)c3)cc(-c3nc(C(=O)O)cs3)c2CC2CC2)cc1F. The number of carboxylic acid groups (broad SMARTS) is 1. The number of halogens is 1. The molecular weight excluding hydrogens is 563 g/mol. The summed E-state index contributed by atoms with van der Waals surface area (Å²) in [6.45, 7) is 0.257. The second kappa shape index (κ2) is 10.7. The topological polar surface area (TPSA) is 128 Å². The lowest BCUT2D eigenvalue weighted by Crippen LogP contribution is -2.14. The number of sulfonamides is 1. The molecule has 1 aliphatic carbocycles. The largest absolute Gasteiger partial charge is 0.476 e. The van der Waals surface area contributed by atoms with Crippen molar-refractivity contribution >= 4 is 27.3 Å². The summed E-state index contributed by atoms with van der Waals surface area (Å²) >= 11 is 1.27. The molecule has 41 heavy (non-hydrogen) atoms. The van der Waals surface area contributed by atoms with Gasteiger partial charge in [0.15, 0.2) is 5.69 Å². The molecule has 0 atom stereocenters. The van der Waals surface area contributed by atoms with E-state index in [1.54, 1.807) is 18.5 Å². The molecule has 208 valence electrons. The number of benzene rings is 2. The maximum Gasteiger partial charge on any atom is 0.355 e. The standard InChI is InChI=1S/C30H25FN4O4S2/c31-24-11-19(8-9-28(24)41(32,38)39)16-35-26(21-4-1-3-20(13-21)22-5-2-10-33-15-22)14-23(27(35)12-18-6-7-18)29-34-25(17-40-29)30(36)37/h1-5,8-11,13-15,17-18H,6-7,12,16H2,(H,36,37)(H2,32,38,39). The fourth-order valence-electron chi connectivity index (χ4n) is 4.95. The number of rotatable bonds is 9. The van der Waals surface area contributed by atoms with Crippen molar-refractivity contribution in [1.82, 2.24) is 14.5 Å². The van der Waals surface area contributed by atoms with Gasteiger partial charge >= 0.3 is 5.97 Å². The van der Waals surface area contributed by atoms with Crippen LogP contribution in [0.4, 0.5) is 4.39 Å². The number of hydrogen-bond donors (Lipinski definition) is 2. The highest BCUT2D eigenvalue weighted by Crippen LogP contribution is 2.41. The highest BCUT2D eigenvalue weighted by atomic mass is 32.2. The number of hydrogen-bond acceptors (Lipinski definition) is 6. The number of carboxylic acids is 1. The van der Waals surface area contributed by atoms with Crippen LogP contribution in [0.1, 0.15) is 34.6 Å². The Kier molecular flexibility index (Phi) is 7.02. The average Bonchev–Trinajstić information content (AvgIpc) is 3.50. The van der Waals surface area contributed by atoms with E-state index in [1.165, 1.54) is 28.8 Å². The van der Waals surface area contributed by atoms with Gasteiger partial charge in [-0.05, 0) is 72.2 Å². The Morgan fingerprint density at radius 1 is 1.07 bits per heavy atom. The number of nitrogens with two attached hydrogens (primary N) is 1. The Morgan fingerprint density at radius 3 is 2.51 bits per heavy atom. The molecule has 2 aromatic carbocycles. The van der Waals surface area contributed by atoms with Gasteiger partial charge in [0, 0.05) is 46.8 Å². The molecule has 0 spiro atoms. The Morgan fingerprint density at radius 2 is 1.85 bits per heavy atom. The first-order valence-electron chi connectivity index (χ1n) is 12.9. The van der Waals surface area contributed by atoms with E-state index in [-0.39, 0.29) is 12.2 Å². The quantitative estimate of drug-likeness (QED) is 0.223. The maximum atomic E-state index is 14.8. The molecule has 3 N–H and O–H groups in total. The van der Waals surface area contributed by atoms with Crippen LogP contribution in [0.2, 0.25) is 0 Å². The molecular formula is C30H25FN4O4S2. The second-order valence-corrected chi connectivity index (χ2v) is 12.5. The highest BCUT2D eigenvalue weighted by molar-refractivity contribution is 7.89. The van der Waals surface area contributed by atoms with E-state index in [0.717, 1.165) is 52.9 Å². The fourth-order valence-corrected chi connectivity index (χ4v) is 6.37. The minimum absolute atomic E-state index is 0.0177. The molecule has 3 heterocycles. The Bertz CT molecular complexity index is 1880. The number of pyridine rings is 1. The first kappa shape index (κ1) is 27.0. The second-order valence-electron chi connectivity index (χ2n) is 10.1. The van der Waals surface area contributed by atoms with Gasteiger partial charge in [0.05, 0.1) is 0 Å². The van der Waals surface area contributed by atoms with Gasteiger partial charge in [0.25, 0.3) is 0 Å². The normalized spacial score (nSPS) is 13.4. The lowest BCUT2D eigenvalue weighted by Gasteiger charge is -2.16. The van der Waals surface area contributed by atoms with Crippen LogP contribution in [0.5, 0.6) is 0 Å². The highest BCUT2D eigenvalue weighted by Gasteiger charge is 2.28. The first-order valence-corrected chi connectivity index (χ1v) is 15.3. The van der Waals surface area contributed by atoms with Crippen LogP contribution in [-0.4, -0.2) is 34.0 Å². The van der Waals surface area contributed by atoms with E-state index in [0.29, 0.717) is 16.5 Å². The van der Waals surface area contributed by atoms with Crippen LogP contribution in [-0.2, 0) is 23.0 Å². The van der Waals surface area contributed by atoms with Crippen molar-refractivity contribution in [2.45, 2.75) is 30.7 Å². The predicted octanol–water partition coefficient (Wildman–Crippen LogP) is 5.83. The van der Waals surface area contributed by atoms with E-state index in [1.807, 2.05) is 36.4 Å². The van der Waals surface area contributed by atoms with Crippen molar-refractivity contribution in [2.75, 3.05) is 0 Å². The van der Waals surface area contributed by atoms with Gasteiger partial charge < -0.3 is 9.67 Å². The van der Waals surface area contributed by atoms with Crippen molar-refractivity contribution in [3.63, 3.8) is 0 Å². The summed E-state index contributed by atoms with van der Waals surface area (Å²) < 4.78 is 40.5. The van der Waals surface area contributed by atoms with Crippen LogP contribution < -0.4 is 5.14 Å². The van der Waals surface area contributed by atoms with E-state index < -0.39 is 26.7 Å². The predicted molar refractivity (Wildman–Crippen MR) is 154 cm³/mol. The zero-order valence-electron chi connectivity index (χ0n) is 21.7. The van der Waals surface area contributed by atoms with Gasteiger partial charge in [-0.25, -0.2) is 27.7 Å². The van der Waals surface area contributed by atoms with Crippen molar-refractivity contribution in [3.8, 4) is 33.0 Å². The van der Waals surface area contributed by atoms with Crippen LogP contribution in [0.3, 0.4) is 0 Å². The minimum atomic E-state index is -4.20. The molecule has 3 aromatic heterocycles. The van der Waals surface area contributed by atoms with Crippen molar-refractivity contribution in [3.05, 3.63) is 101 Å². The smallest absolute Gasteiger partial charge is 0.355 e. The molecule has 0 saturated heterocycles. The minimum Gasteiger partial charge on any atom is -0.476 e. The van der Waals surface area contributed by atoms with Crippen LogP contribution >= 0.6 is 11.3 Å². The van der Waals surface area contributed by atoms with E-state index >= 15 is 0 Å². The summed E-state index contributed by atoms with van der Waals surface area (Å²) in [5.74, 6) is -1.52. The third-order valence-electron chi connectivity index (χ3n) is 7.14. The molecule has 6 rings (SSSR count). The van der Waals surface area contributed by atoms with Crippen molar-refractivity contribution < 1.29 is 22.7 Å². The Balaban J connectivity index is 1.53. The van der Waals surface area contributed by atoms with Gasteiger partial charge in [0.2, 0.25) is 10.0 Å². The maximum absolute atomic E-state index is 14.8. The van der Waals surface area contributed by atoms with Crippen LogP contribution in [0, 0.1) is 11.7 Å². The molecule has 1 fully saturated rings. The van der Waals surface area contributed by atoms with E-state index in [2.05, 4.69) is 20.6 Å². The molecule has 0 bridgehead atoms. The van der Waals surface area contributed by atoms with Gasteiger partial charge in [-0.2, -0.15) is 0 Å². The fraction of sp³-hybridized carbons (Fsp3) is 0.167. The molecule has 11 heteroatoms. The third-order valence-corrected chi connectivity index (χ3v) is 8.96. The van der Waals surface area contributed by atoms with Gasteiger partial charge in [-0.15, -0.1) is 11.3 Å². The lowest BCUT2D eigenvalue weighted by atomic mass is 10.0. The number of primary sulfonamides is 1. The third kappa shape index (κ3) is 5.69. The number of aromatic carboxylic acids is 1. The molecule has 0 unspecified atom stereocenters. The molecule has 1 aliphatic rings. The average molecular weight is 589 g/mol. The summed E-state index contributed by atoms with van der Waals surface area (Å²) in [6.07, 6.45) is 6.44. The van der Waals surface area contributed by atoms with Crippen LogP contribution in [0.15, 0.2) is 83.3 Å². The zero-order valence-corrected chi connectivity index (χ0v) is 23.3. The molecule has 0 radical (unpaired) electrons. The Labute approximate surface area is 240 Å². The van der Waals surface area contributed by atoms with Gasteiger partial charge in [-0.3, -0.25) is 4.98 Å². The number of nitrogens with zero attached hydrogens (tertiary/aromatic N) is 3. The monoisotopic (exact) mass is 588 g/mol. The number of aromatic nitrogens is 3. The summed E-state index contributed by atoms with van der Waals surface area (Å²) in [7, 11) is -4.20. The molecule has 1 saturated carbocycles. The molecule has 8 nitrogen and oxygen atoms in total. The summed E-state index contributed by atoms with van der Waals surface area (Å²) in [5, 5.41) is 16.8. The van der Waals surface area contributed by atoms with Crippen LogP contribution in [0.25, 0.3) is 33.0 Å². The number of thiazole rings is 1. The van der Waals surface area contributed by atoms with Gasteiger partial charge in [0.1, 0.15) is 15.7 Å². The van der Waals surface area contributed by atoms with Crippen molar-refractivity contribution in [1.29, 1.82) is 0 Å². The van der Waals surface area contributed by atoms with E-state index in [4.69, 9.17) is 5.14 Å². The van der Waals surface area contributed by atoms with Gasteiger partial charge in [-0.1, -0.05) is 30.3 Å². The zero-order chi connectivity index (χ0) is 28.7. The molecule has 0 aliphatic heterocycles. The Hall–Kier alpha value is -4.19. The number of carbonyl (C=O) groups is 1. The first-order chi connectivity index (χ1) is 19.7. The molecule has 0 amide bonds. The van der Waals surface area contributed by atoms with E-state index in [9.17, 15) is 22.7 Å². The summed E-state index contributed by atoms with van der Waals surface area (Å²) in [6, 6.07) is 17.8.